The van der Waals surface area contributed by atoms with Gasteiger partial charge in [0.15, 0.2) is 0 Å². The summed E-state index contributed by atoms with van der Waals surface area (Å²) in [6.07, 6.45) is 6.11. The summed E-state index contributed by atoms with van der Waals surface area (Å²) in [5.74, 6) is 2.18. The van der Waals surface area contributed by atoms with Gasteiger partial charge in [-0.05, 0) is 0 Å². The number of halogens is 2. The third-order valence-corrected chi connectivity index (χ3v) is 0.474. The van der Waals surface area contributed by atoms with Crippen LogP contribution in [0.4, 0.5) is 0 Å². The smallest absolute Gasteiger partial charge is 0.120 e. The predicted octanol–water partition coefficient (Wildman–Crippen LogP) is 1.63. The van der Waals surface area contributed by atoms with Crippen LogP contribution in [0.15, 0.2) is 0 Å². The minimum absolute atomic E-state index is 0.519. The van der Waals surface area contributed by atoms with Crippen molar-refractivity contribution in [2.75, 3.05) is 0 Å². The van der Waals surface area contributed by atoms with Crippen molar-refractivity contribution in [3.8, 4) is 12.3 Å². The maximum absolute atomic E-state index is 5.15. The molecule has 0 amide bonds. The highest BCUT2D eigenvalue weighted by molar-refractivity contribution is 6.45. The molecule has 0 bridgehead atoms. The van der Waals surface area contributed by atoms with Gasteiger partial charge in [-0.25, -0.2) is 0 Å². The fourth-order valence-electron chi connectivity index (χ4n) is 0.0727. The van der Waals surface area contributed by atoms with E-state index in [-0.39, 0.29) is 0 Å². The van der Waals surface area contributed by atoms with E-state index in [2.05, 4.69) is 5.92 Å². The first-order valence-corrected chi connectivity index (χ1v) is 2.22. The van der Waals surface area contributed by atoms with E-state index in [4.69, 9.17) is 29.6 Å². The summed E-state index contributed by atoms with van der Waals surface area (Å²) in [4.78, 5) is -0.519. The Balaban J connectivity index is 2.88. The van der Waals surface area contributed by atoms with Gasteiger partial charge in [-0.3, -0.25) is 0 Å². The van der Waals surface area contributed by atoms with Crippen molar-refractivity contribution in [1.29, 1.82) is 0 Å². The lowest BCUT2D eigenvalue weighted by molar-refractivity contribution is 1.50. The van der Waals surface area contributed by atoms with Crippen LogP contribution in [-0.4, -0.2) is 4.84 Å². The van der Waals surface area contributed by atoms with Crippen LogP contribution in [0, 0.1) is 18.8 Å². The van der Waals surface area contributed by atoms with Gasteiger partial charge in [-0.1, -0.05) is 5.92 Å². The van der Waals surface area contributed by atoms with Crippen molar-refractivity contribution in [3.63, 3.8) is 0 Å². The molecule has 0 nitrogen and oxygen atoms in total. The Kier molecular flexibility index (Phi) is 3.41. The molecule has 0 aliphatic rings. The molecule has 0 rings (SSSR count). The van der Waals surface area contributed by atoms with E-state index in [1.807, 2.05) is 0 Å². The topological polar surface area (TPSA) is 0 Å². The fourth-order valence-corrected chi connectivity index (χ4v) is 0.218. The first kappa shape index (κ1) is 6.14. The molecular formula is C4H3Cl2. The Hall–Kier alpha value is 0.140. The molecule has 0 aromatic rings. The van der Waals surface area contributed by atoms with Crippen molar-refractivity contribution < 1.29 is 0 Å². The number of hydrogen-bond acceptors (Lipinski definition) is 0. The van der Waals surface area contributed by atoms with E-state index < -0.39 is 4.84 Å². The SMILES string of the molecule is C#C[CH]C(Cl)Cl. The molecule has 2 heteroatoms. The molecule has 0 aromatic carbocycles. The molecular weight excluding hydrogens is 119 g/mol. The standard InChI is InChI=1S/C4H3Cl2/c1-2-3-4(5)6/h1,3-4H. The second-order valence-corrected chi connectivity index (χ2v) is 1.83. The van der Waals surface area contributed by atoms with E-state index in [0.29, 0.717) is 0 Å². The zero-order valence-corrected chi connectivity index (χ0v) is 4.50. The molecule has 0 aliphatic carbocycles. The Morgan fingerprint density at radius 3 is 2.17 bits per heavy atom. The summed E-state index contributed by atoms with van der Waals surface area (Å²) >= 11 is 10.3. The van der Waals surface area contributed by atoms with Crippen LogP contribution in [-0.2, 0) is 0 Å². The van der Waals surface area contributed by atoms with Gasteiger partial charge in [0.25, 0.3) is 0 Å². The molecule has 0 fully saturated rings. The first-order chi connectivity index (χ1) is 2.77. The average molecular weight is 122 g/mol. The third-order valence-electron chi connectivity index (χ3n) is 0.222. The summed E-state index contributed by atoms with van der Waals surface area (Å²) in [6, 6.07) is 0. The number of terminal acetylenes is 1. The first-order valence-electron chi connectivity index (χ1n) is 1.35. The quantitative estimate of drug-likeness (QED) is 0.366. The van der Waals surface area contributed by atoms with Gasteiger partial charge in [-0.15, -0.1) is 29.6 Å². The van der Waals surface area contributed by atoms with Crippen LogP contribution < -0.4 is 0 Å². The second-order valence-electron chi connectivity index (χ2n) is 0.668. The van der Waals surface area contributed by atoms with Crippen molar-refractivity contribution in [1.82, 2.24) is 0 Å². The van der Waals surface area contributed by atoms with Gasteiger partial charge in [0.2, 0.25) is 0 Å². The van der Waals surface area contributed by atoms with Crippen LogP contribution in [0.1, 0.15) is 0 Å². The molecule has 0 heterocycles. The van der Waals surface area contributed by atoms with Crippen LogP contribution in [0.3, 0.4) is 0 Å². The summed E-state index contributed by atoms with van der Waals surface area (Å²) in [5, 5.41) is 0. The molecule has 0 saturated heterocycles. The molecule has 0 aliphatic heterocycles. The summed E-state index contributed by atoms with van der Waals surface area (Å²) in [5.41, 5.74) is 0. The van der Waals surface area contributed by atoms with Gasteiger partial charge in [0, 0.05) is 0 Å². The zero-order valence-electron chi connectivity index (χ0n) is 2.99. The van der Waals surface area contributed by atoms with Crippen molar-refractivity contribution >= 4 is 23.2 Å². The summed E-state index contributed by atoms with van der Waals surface area (Å²) in [7, 11) is 0. The van der Waals surface area contributed by atoms with Gasteiger partial charge < -0.3 is 0 Å². The number of rotatable bonds is 1. The molecule has 0 aromatic heterocycles. The molecule has 6 heavy (non-hydrogen) atoms. The van der Waals surface area contributed by atoms with Crippen molar-refractivity contribution in [2.45, 2.75) is 4.84 Å². The second kappa shape index (κ2) is 3.33. The third kappa shape index (κ3) is 4.14. The normalized spacial score (nSPS) is 8.33. The van der Waals surface area contributed by atoms with Crippen LogP contribution in [0.5, 0.6) is 0 Å². The summed E-state index contributed by atoms with van der Waals surface area (Å²) < 4.78 is 0. The van der Waals surface area contributed by atoms with Gasteiger partial charge in [-0.2, -0.15) is 0 Å². The highest BCUT2D eigenvalue weighted by Gasteiger charge is 1.90. The summed E-state index contributed by atoms with van der Waals surface area (Å²) in [6.45, 7) is 0. The number of alkyl halides is 2. The Morgan fingerprint density at radius 1 is 1.67 bits per heavy atom. The molecule has 0 N–H and O–H groups in total. The average Bonchev–Trinajstić information content (AvgIpc) is 1.35. The Labute approximate surface area is 47.4 Å². The lowest BCUT2D eigenvalue weighted by atomic mass is 10.5. The molecule has 0 unspecified atom stereocenters. The van der Waals surface area contributed by atoms with Crippen molar-refractivity contribution in [3.05, 3.63) is 6.42 Å². The van der Waals surface area contributed by atoms with E-state index in [1.165, 1.54) is 6.42 Å². The lowest BCUT2D eigenvalue weighted by Crippen LogP contribution is -1.80. The van der Waals surface area contributed by atoms with Crippen LogP contribution in [0.2, 0.25) is 0 Å². The minimum atomic E-state index is -0.519. The Bertz CT molecular complexity index is 60.4. The number of hydrogen-bond donors (Lipinski definition) is 0. The van der Waals surface area contributed by atoms with E-state index in [9.17, 15) is 0 Å². The maximum atomic E-state index is 5.15. The molecule has 0 atom stereocenters. The van der Waals surface area contributed by atoms with E-state index in [0.717, 1.165) is 0 Å². The molecule has 0 spiro atoms. The van der Waals surface area contributed by atoms with Crippen molar-refractivity contribution in [2.24, 2.45) is 0 Å². The van der Waals surface area contributed by atoms with Gasteiger partial charge in [0.05, 0.1) is 6.42 Å². The van der Waals surface area contributed by atoms with E-state index >= 15 is 0 Å². The maximum Gasteiger partial charge on any atom is 0.122 e. The van der Waals surface area contributed by atoms with E-state index in [1.54, 1.807) is 0 Å². The van der Waals surface area contributed by atoms with Gasteiger partial charge in [0.1, 0.15) is 4.84 Å². The van der Waals surface area contributed by atoms with Crippen LogP contribution in [0.25, 0.3) is 0 Å². The molecule has 0 saturated carbocycles. The zero-order chi connectivity index (χ0) is 4.99. The molecule has 33 valence electrons. The van der Waals surface area contributed by atoms with Gasteiger partial charge >= 0.3 is 0 Å². The largest absolute Gasteiger partial charge is 0.122 e. The predicted molar refractivity (Wildman–Crippen MR) is 28.6 cm³/mol. The Morgan fingerprint density at radius 2 is 2.17 bits per heavy atom. The monoisotopic (exact) mass is 121 g/mol. The lowest BCUT2D eigenvalue weighted by Gasteiger charge is -1.83. The van der Waals surface area contributed by atoms with Crippen LogP contribution >= 0.6 is 23.2 Å². The highest BCUT2D eigenvalue weighted by Crippen LogP contribution is 2.02. The minimum Gasteiger partial charge on any atom is -0.120 e. The molecule has 1 radical (unpaired) electrons. The highest BCUT2D eigenvalue weighted by atomic mass is 35.5. The fraction of sp³-hybridized carbons (Fsp3) is 0.250.